The number of halogens is 2. The number of rotatable bonds is 7. The molecule has 1 saturated carbocycles. The predicted octanol–water partition coefficient (Wildman–Crippen LogP) is 4.29. The molecule has 186 valence electrons. The van der Waals surface area contributed by atoms with Crippen molar-refractivity contribution >= 4 is 23.4 Å². The number of fused-ring (bicyclic) bond motifs is 1. The Labute approximate surface area is 200 Å². The van der Waals surface area contributed by atoms with Gasteiger partial charge in [0.1, 0.15) is 6.61 Å². The van der Waals surface area contributed by atoms with Gasteiger partial charge in [-0.2, -0.15) is 5.10 Å². The first kappa shape index (κ1) is 24.4. The van der Waals surface area contributed by atoms with Gasteiger partial charge in [0.25, 0.3) is 0 Å². The number of nitrogens with one attached hydrogen (secondary N) is 1. The Bertz CT molecular complexity index is 1210. The van der Waals surface area contributed by atoms with Crippen LogP contribution in [0.1, 0.15) is 53.5 Å². The van der Waals surface area contributed by atoms with Crippen molar-refractivity contribution in [3.8, 4) is 0 Å². The number of carbonyl (C=O) groups is 2. The number of nitrogens with zero attached hydrogens (tertiary/aromatic N) is 4. The Balaban J connectivity index is 1.62. The van der Waals surface area contributed by atoms with Gasteiger partial charge in [-0.15, -0.1) is 0 Å². The van der Waals surface area contributed by atoms with E-state index in [2.05, 4.69) is 15.4 Å². The fraction of sp³-hybridized carbons (Fsp3) is 0.417. The fourth-order valence-corrected chi connectivity index (χ4v) is 4.30. The average molecular weight is 488 g/mol. The lowest BCUT2D eigenvalue weighted by molar-refractivity contribution is -0.0497. The number of imidazole rings is 1. The highest BCUT2D eigenvalue weighted by Gasteiger charge is 2.39. The van der Waals surface area contributed by atoms with Crippen LogP contribution >= 0.6 is 0 Å². The lowest BCUT2D eigenvalue weighted by atomic mass is 9.81. The number of alkyl halides is 2. The number of carboxylic acids is 1. The van der Waals surface area contributed by atoms with Gasteiger partial charge in [-0.25, -0.2) is 27.9 Å². The maximum Gasteiger partial charge on any atom is 0.408 e. The summed E-state index contributed by atoms with van der Waals surface area (Å²) in [6, 6.07) is 10.0. The molecule has 2 N–H and O–H groups in total. The van der Waals surface area contributed by atoms with Crippen LogP contribution < -0.4 is 10.2 Å². The minimum Gasteiger partial charge on any atom is -0.476 e. The van der Waals surface area contributed by atoms with E-state index in [1.165, 1.54) is 10.7 Å². The summed E-state index contributed by atoms with van der Waals surface area (Å²) in [6.45, 7) is 0.0586. The zero-order chi connectivity index (χ0) is 25.2. The number of aromatic nitrogens is 3. The average Bonchev–Trinajstić information content (AvgIpc) is 3.24. The van der Waals surface area contributed by atoms with Gasteiger partial charge >= 0.3 is 12.1 Å². The highest BCUT2D eigenvalue weighted by molar-refractivity contribution is 5.92. The quantitative estimate of drug-likeness (QED) is 0.512. The number of carboxylic acid groups (broad SMARTS) is 1. The number of benzene rings is 1. The Morgan fingerprint density at radius 2 is 1.94 bits per heavy atom. The van der Waals surface area contributed by atoms with E-state index in [1.807, 2.05) is 30.3 Å². The van der Waals surface area contributed by atoms with E-state index >= 15 is 0 Å². The van der Waals surface area contributed by atoms with Crippen molar-refractivity contribution in [2.75, 3.05) is 19.0 Å². The van der Waals surface area contributed by atoms with E-state index < -0.39 is 24.0 Å². The van der Waals surface area contributed by atoms with E-state index in [4.69, 9.17) is 4.74 Å². The second-order valence-electron chi connectivity index (χ2n) is 8.92. The Morgan fingerprint density at radius 3 is 2.57 bits per heavy atom. The molecule has 0 radical (unpaired) electrons. The van der Waals surface area contributed by atoms with E-state index in [0.29, 0.717) is 17.0 Å². The summed E-state index contributed by atoms with van der Waals surface area (Å²) in [7, 11) is 3.39. The van der Waals surface area contributed by atoms with Crippen LogP contribution in [0.3, 0.4) is 0 Å². The van der Waals surface area contributed by atoms with Gasteiger partial charge in [0.05, 0.1) is 23.6 Å². The summed E-state index contributed by atoms with van der Waals surface area (Å²) >= 11 is 0. The van der Waals surface area contributed by atoms with Gasteiger partial charge < -0.3 is 20.1 Å². The molecule has 0 unspecified atom stereocenters. The topological polar surface area (TPSA) is 109 Å². The van der Waals surface area contributed by atoms with Gasteiger partial charge in [-0.3, -0.25) is 0 Å². The SMILES string of the molecule is CN(C)c1cc2nc([C@@H](NC(=O)OCc3ccccc3)C3CCC(F)(F)CC3)cn2nc1C(=O)O. The molecule has 9 nitrogen and oxygen atoms in total. The molecule has 1 atom stereocenters. The van der Waals surface area contributed by atoms with Crippen LogP contribution in [0, 0.1) is 5.92 Å². The minimum atomic E-state index is -2.73. The molecule has 0 spiro atoms. The third-order valence-electron chi connectivity index (χ3n) is 6.17. The monoisotopic (exact) mass is 487 g/mol. The summed E-state index contributed by atoms with van der Waals surface area (Å²) in [5.41, 5.74) is 1.79. The zero-order valence-electron chi connectivity index (χ0n) is 19.4. The highest BCUT2D eigenvalue weighted by atomic mass is 19.3. The number of hydrogen-bond acceptors (Lipinski definition) is 6. The number of ether oxygens (including phenoxy) is 1. The largest absolute Gasteiger partial charge is 0.476 e. The first-order valence-electron chi connectivity index (χ1n) is 11.3. The third kappa shape index (κ3) is 5.67. The number of alkyl carbamates (subject to hydrolysis) is 1. The summed E-state index contributed by atoms with van der Waals surface area (Å²) in [5, 5.41) is 16.5. The maximum absolute atomic E-state index is 13.8. The van der Waals surface area contributed by atoms with Crippen LogP contribution in [-0.2, 0) is 11.3 Å². The van der Waals surface area contributed by atoms with E-state index in [-0.39, 0.29) is 43.9 Å². The molecule has 0 bridgehead atoms. The molecular formula is C24H27F2N5O4. The van der Waals surface area contributed by atoms with Crippen LogP contribution in [0.15, 0.2) is 42.6 Å². The number of hydrogen-bond donors (Lipinski definition) is 2. The summed E-state index contributed by atoms with van der Waals surface area (Å²) in [5.74, 6) is -4.22. The number of anilines is 1. The second-order valence-corrected chi connectivity index (χ2v) is 8.92. The highest BCUT2D eigenvalue weighted by Crippen LogP contribution is 2.41. The van der Waals surface area contributed by atoms with E-state index in [9.17, 15) is 23.5 Å². The zero-order valence-corrected chi connectivity index (χ0v) is 19.4. The van der Waals surface area contributed by atoms with Crippen LogP contribution in [0.5, 0.6) is 0 Å². The normalized spacial score (nSPS) is 16.6. The molecule has 11 heteroatoms. The molecule has 1 amide bonds. The molecule has 1 aliphatic rings. The molecule has 1 fully saturated rings. The van der Waals surface area contributed by atoms with Crippen molar-refractivity contribution in [1.82, 2.24) is 19.9 Å². The summed E-state index contributed by atoms with van der Waals surface area (Å²) < 4.78 is 34.3. The molecule has 2 heterocycles. The smallest absolute Gasteiger partial charge is 0.408 e. The molecule has 0 aliphatic heterocycles. The lowest BCUT2D eigenvalue weighted by Crippen LogP contribution is -2.37. The van der Waals surface area contributed by atoms with Crippen LogP contribution in [0.25, 0.3) is 5.65 Å². The van der Waals surface area contributed by atoms with Crippen molar-refractivity contribution in [3.05, 3.63) is 59.5 Å². The minimum absolute atomic E-state index is 0.0586. The van der Waals surface area contributed by atoms with Crippen molar-refractivity contribution < 1.29 is 28.2 Å². The summed E-state index contributed by atoms with van der Waals surface area (Å²) in [6.07, 6.45) is 0.656. The lowest BCUT2D eigenvalue weighted by Gasteiger charge is -2.33. The van der Waals surface area contributed by atoms with E-state index in [0.717, 1.165) is 5.56 Å². The maximum atomic E-state index is 13.8. The number of amides is 1. The van der Waals surface area contributed by atoms with Crippen LogP contribution in [0.4, 0.5) is 19.3 Å². The van der Waals surface area contributed by atoms with Gasteiger partial charge in [0.2, 0.25) is 5.92 Å². The van der Waals surface area contributed by atoms with Crippen molar-refractivity contribution in [2.24, 2.45) is 5.92 Å². The molecule has 1 aromatic carbocycles. The first-order chi connectivity index (χ1) is 16.6. The molecule has 2 aromatic heterocycles. The van der Waals surface area contributed by atoms with E-state index in [1.54, 1.807) is 25.1 Å². The van der Waals surface area contributed by atoms with Gasteiger partial charge in [-0.1, -0.05) is 30.3 Å². The predicted molar refractivity (Wildman–Crippen MR) is 124 cm³/mol. The summed E-state index contributed by atoms with van der Waals surface area (Å²) in [4.78, 5) is 30.5. The Hall–Kier alpha value is -3.76. The Morgan fingerprint density at radius 1 is 1.26 bits per heavy atom. The van der Waals surface area contributed by atoms with Gasteiger partial charge in [-0.05, 0) is 24.3 Å². The fourth-order valence-electron chi connectivity index (χ4n) is 4.30. The molecule has 3 aromatic rings. The molecule has 0 saturated heterocycles. The molecule has 35 heavy (non-hydrogen) atoms. The van der Waals surface area contributed by atoms with Crippen molar-refractivity contribution in [2.45, 2.75) is 44.3 Å². The molecule has 1 aliphatic carbocycles. The first-order valence-corrected chi connectivity index (χ1v) is 11.3. The standard InChI is InChI=1S/C24H27F2N5O4/c1-30(2)18-12-19-27-17(13-31(19)29-21(18)22(32)33)20(16-8-10-24(25,26)11-9-16)28-23(34)35-14-15-6-4-3-5-7-15/h3-7,12-13,16,20H,8-11,14H2,1-2H3,(H,28,34)(H,32,33)/t20-/m0/s1. The molecular weight excluding hydrogens is 460 g/mol. The van der Waals surface area contributed by atoms with Gasteiger partial charge in [0, 0.05) is 33.0 Å². The van der Waals surface area contributed by atoms with Gasteiger partial charge in [0.15, 0.2) is 11.3 Å². The number of aromatic carboxylic acids is 1. The third-order valence-corrected chi connectivity index (χ3v) is 6.17. The Kier molecular flexibility index (Phi) is 6.86. The number of carbonyl (C=O) groups excluding carboxylic acids is 1. The molecule has 4 rings (SSSR count). The van der Waals surface area contributed by atoms with Crippen LogP contribution in [0.2, 0.25) is 0 Å². The van der Waals surface area contributed by atoms with Crippen LogP contribution in [-0.4, -0.2) is 51.8 Å². The second kappa shape index (κ2) is 9.85. The van der Waals surface area contributed by atoms with Crippen molar-refractivity contribution in [3.63, 3.8) is 0 Å². The van der Waals surface area contributed by atoms with Crippen molar-refractivity contribution in [1.29, 1.82) is 0 Å².